The number of aliphatic carboxylic acids is 1. The molecule has 1 aliphatic rings. The lowest BCUT2D eigenvalue weighted by Crippen LogP contribution is -2.30. The molecule has 1 heterocycles. The summed E-state index contributed by atoms with van der Waals surface area (Å²) in [6.45, 7) is 6.59. The van der Waals surface area contributed by atoms with Gasteiger partial charge in [0, 0.05) is 6.54 Å². The fourth-order valence-electron chi connectivity index (χ4n) is 2.84. The Kier molecular flexibility index (Phi) is 6.63. The molecule has 0 radical (unpaired) electrons. The van der Waals surface area contributed by atoms with E-state index < -0.39 is 5.97 Å². The predicted octanol–water partition coefficient (Wildman–Crippen LogP) is 5.45. The van der Waals surface area contributed by atoms with Gasteiger partial charge in [0.1, 0.15) is 15.8 Å². The molecule has 1 aliphatic heterocycles. The summed E-state index contributed by atoms with van der Waals surface area (Å²) < 4.78 is 6.28. The Labute approximate surface area is 185 Å². The summed E-state index contributed by atoms with van der Waals surface area (Å²) in [5.41, 5.74) is 2.17. The second-order valence-electron chi connectivity index (χ2n) is 7.92. The first-order valence-corrected chi connectivity index (χ1v) is 10.7. The number of hydrogen-bond donors (Lipinski definition) is 1. The molecule has 7 heteroatoms. The van der Waals surface area contributed by atoms with E-state index in [-0.39, 0.29) is 24.3 Å². The number of amides is 1. The van der Waals surface area contributed by atoms with E-state index in [1.54, 1.807) is 6.08 Å². The van der Waals surface area contributed by atoms with Gasteiger partial charge in [-0.2, -0.15) is 0 Å². The van der Waals surface area contributed by atoms with Gasteiger partial charge in [0.25, 0.3) is 5.91 Å². The molecule has 156 valence electrons. The summed E-state index contributed by atoms with van der Waals surface area (Å²) in [7, 11) is 0. The van der Waals surface area contributed by atoms with Crippen molar-refractivity contribution in [2.45, 2.75) is 32.6 Å². The van der Waals surface area contributed by atoms with E-state index in [2.05, 4.69) is 32.9 Å². The van der Waals surface area contributed by atoms with E-state index in [4.69, 9.17) is 22.1 Å². The number of thioether (sulfide) groups is 1. The molecule has 1 fully saturated rings. The summed E-state index contributed by atoms with van der Waals surface area (Å²) in [6, 6.07) is 15.5. The normalized spacial score (nSPS) is 15.7. The Morgan fingerprint density at radius 3 is 2.20 bits per heavy atom. The number of benzene rings is 2. The topological polar surface area (TPSA) is 66.8 Å². The van der Waals surface area contributed by atoms with E-state index in [9.17, 15) is 9.59 Å². The Bertz CT molecular complexity index is 989. The molecule has 0 unspecified atom stereocenters. The monoisotopic (exact) mass is 441 g/mol. The lowest BCUT2D eigenvalue weighted by molar-refractivity contribution is -0.137. The zero-order valence-corrected chi connectivity index (χ0v) is 18.7. The standard InChI is InChI=1S/C23H23NO4S2/c1-23(2,3)16-6-10-18(11-7-16)28-17-8-4-15(5-9-17)14-19-21(27)24(22(29)30-19)13-12-20(25)26/h4-11,14H,12-13H2,1-3H3,(H,25,26)/b19-14+. The van der Waals surface area contributed by atoms with Crippen molar-refractivity contribution in [1.29, 1.82) is 0 Å². The largest absolute Gasteiger partial charge is 0.481 e. The van der Waals surface area contributed by atoms with Crippen LogP contribution in [-0.4, -0.2) is 32.7 Å². The number of carbonyl (C=O) groups excluding carboxylic acids is 1. The minimum atomic E-state index is -0.961. The molecule has 5 nitrogen and oxygen atoms in total. The Hall–Kier alpha value is -2.64. The average Bonchev–Trinajstić information content (AvgIpc) is 2.94. The van der Waals surface area contributed by atoms with Crippen LogP contribution in [0, 0.1) is 0 Å². The van der Waals surface area contributed by atoms with Crippen molar-refractivity contribution in [3.63, 3.8) is 0 Å². The van der Waals surface area contributed by atoms with Gasteiger partial charge >= 0.3 is 5.97 Å². The van der Waals surface area contributed by atoms with Gasteiger partial charge in [-0.1, -0.05) is 69.0 Å². The highest BCUT2D eigenvalue weighted by Crippen LogP contribution is 2.33. The quantitative estimate of drug-likeness (QED) is 0.475. The minimum absolute atomic E-state index is 0.0815. The molecular formula is C23H23NO4S2. The number of carboxylic acids is 1. The molecular weight excluding hydrogens is 418 g/mol. The fourth-order valence-corrected chi connectivity index (χ4v) is 4.15. The first kappa shape index (κ1) is 22.1. The summed E-state index contributed by atoms with van der Waals surface area (Å²) in [4.78, 5) is 25.0. The fraction of sp³-hybridized carbons (Fsp3) is 0.261. The van der Waals surface area contributed by atoms with Gasteiger partial charge in [0.15, 0.2) is 0 Å². The molecule has 1 saturated heterocycles. The van der Waals surface area contributed by atoms with Crippen molar-refractivity contribution >= 4 is 46.3 Å². The van der Waals surface area contributed by atoms with Crippen molar-refractivity contribution in [2.24, 2.45) is 0 Å². The lowest BCUT2D eigenvalue weighted by atomic mass is 9.87. The van der Waals surface area contributed by atoms with E-state index in [1.807, 2.05) is 36.4 Å². The summed E-state index contributed by atoms with van der Waals surface area (Å²) >= 11 is 6.39. The highest BCUT2D eigenvalue weighted by atomic mass is 32.2. The molecule has 0 aromatic heterocycles. The van der Waals surface area contributed by atoms with Gasteiger partial charge in [0.2, 0.25) is 0 Å². The van der Waals surface area contributed by atoms with Crippen LogP contribution in [0.25, 0.3) is 6.08 Å². The first-order valence-electron chi connectivity index (χ1n) is 9.49. The van der Waals surface area contributed by atoms with Crippen LogP contribution < -0.4 is 4.74 Å². The van der Waals surface area contributed by atoms with Crippen LogP contribution in [0.5, 0.6) is 11.5 Å². The third kappa shape index (κ3) is 5.49. The summed E-state index contributed by atoms with van der Waals surface area (Å²) in [6.07, 6.45) is 1.62. The second kappa shape index (κ2) is 9.02. The number of carboxylic acid groups (broad SMARTS) is 1. The van der Waals surface area contributed by atoms with Crippen molar-refractivity contribution < 1.29 is 19.4 Å². The maximum absolute atomic E-state index is 12.5. The molecule has 3 rings (SSSR count). The number of hydrogen-bond acceptors (Lipinski definition) is 5. The molecule has 30 heavy (non-hydrogen) atoms. The van der Waals surface area contributed by atoms with Gasteiger partial charge in [0.05, 0.1) is 11.3 Å². The molecule has 0 atom stereocenters. The third-order valence-corrected chi connectivity index (χ3v) is 5.93. The minimum Gasteiger partial charge on any atom is -0.481 e. The molecule has 0 aliphatic carbocycles. The van der Waals surface area contributed by atoms with Crippen LogP contribution in [0.1, 0.15) is 38.3 Å². The van der Waals surface area contributed by atoms with E-state index in [1.165, 1.54) is 22.2 Å². The highest BCUT2D eigenvalue weighted by molar-refractivity contribution is 8.26. The Balaban J connectivity index is 1.66. The smallest absolute Gasteiger partial charge is 0.305 e. The number of carbonyl (C=O) groups is 2. The molecule has 0 saturated carbocycles. The lowest BCUT2D eigenvalue weighted by Gasteiger charge is -2.19. The van der Waals surface area contributed by atoms with Gasteiger partial charge in [-0.3, -0.25) is 14.5 Å². The number of nitrogens with zero attached hydrogens (tertiary/aromatic N) is 1. The maximum atomic E-state index is 12.5. The first-order chi connectivity index (χ1) is 14.1. The van der Waals surface area contributed by atoms with Crippen LogP contribution in [0.15, 0.2) is 53.4 Å². The van der Waals surface area contributed by atoms with Crippen molar-refractivity contribution in [2.75, 3.05) is 6.54 Å². The van der Waals surface area contributed by atoms with Crippen molar-refractivity contribution in [3.8, 4) is 11.5 Å². The van der Waals surface area contributed by atoms with Crippen LogP contribution >= 0.6 is 24.0 Å². The van der Waals surface area contributed by atoms with Gasteiger partial charge < -0.3 is 9.84 Å². The number of rotatable bonds is 6. The zero-order chi connectivity index (χ0) is 21.9. The van der Waals surface area contributed by atoms with Crippen LogP contribution in [0.3, 0.4) is 0 Å². The Morgan fingerprint density at radius 1 is 1.10 bits per heavy atom. The molecule has 0 bridgehead atoms. The van der Waals surface area contributed by atoms with Crippen LogP contribution in [0.2, 0.25) is 0 Å². The highest BCUT2D eigenvalue weighted by Gasteiger charge is 2.32. The average molecular weight is 442 g/mol. The van der Waals surface area contributed by atoms with Gasteiger partial charge in [-0.15, -0.1) is 0 Å². The van der Waals surface area contributed by atoms with Crippen molar-refractivity contribution in [3.05, 3.63) is 64.6 Å². The number of thiocarbonyl (C=S) groups is 1. The molecule has 1 amide bonds. The van der Waals surface area contributed by atoms with Crippen LogP contribution in [0.4, 0.5) is 0 Å². The zero-order valence-electron chi connectivity index (χ0n) is 17.0. The van der Waals surface area contributed by atoms with Crippen molar-refractivity contribution in [1.82, 2.24) is 4.90 Å². The summed E-state index contributed by atoms with van der Waals surface area (Å²) in [5.74, 6) is 0.238. The molecule has 1 N–H and O–H groups in total. The third-order valence-electron chi connectivity index (χ3n) is 4.56. The van der Waals surface area contributed by atoms with E-state index in [0.717, 1.165) is 11.3 Å². The number of ether oxygens (including phenoxy) is 1. The molecule has 0 spiro atoms. The molecule has 2 aromatic rings. The maximum Gasteiger partial charge on any atom is 0.305 e. The summed E-state index contributed by atoms with van der Waals surface area (Å²) in [5, 5.41) is 8.81. The van der Waals surface area contributed by atoms with E-state index >= 15 is 0 Å². The van der Waals surface area contributed by atoms with E-state index in [0.29, 0.717) is 15.0 Å². The molecule has 2 aromatic carbocycles. The Morgan fingerprint density at radius 2 is 1.67 bits per heavy atom. The predicted molar refractivity (Wildman–Crippen MR) is 124 cm³/mol. The second-order valence-corrected chi connectivity index (χ2v) is 9.60. The van der Waals surface area contributed by atoms with Crippen LogP contribution in [-0.2, 0) is 15.0 Å². The van der Waals surface area contributed by atoms with Gasteiger partial charge in [-0.05, 0) is 46.9 Å². The SMILES string of the molecule is CC(C)(C)c1ccc(Oc2ccc(/C=C3/SC(=S)N(CCC(=O)O)C3=O)cc2)cc1. The van der Waals surface area contributed by atoms with Gasteiger partial charge in [-0.25, -0.2) is 0 Å².